The molecule has 5 heteroatoms. The summed E-state index contributed by atoms with van der Waals surface area (Å²) in [5, 5.41) is 0. The van der Waals surface area contributed by atoms with Crippen molar-refractivity contribution in [1.29, 1.82) is 0 Å². The molecule has 0 amide bonds. The van der Waals surface area contributed by atoms with E-state index in [1.165, 1.54) is 16.7 Å². The van der Waals surface area contributed by atoms with E-state index in [4.69, 9.17) is 5.73 Å². The van der Waals surface area contributed by atoms with Gasteiger partial charge in [-0.3, -0.25) is 4.57 Å². The maximum absolute atomic E-state index is 14.2. The number of hydrogen-bond donors (Lipinski definition) is 1. The summed E-state index contributed by atoms with van der Waals surface area (Å²) in [6.45, 7) is 3.80. The molecule has 108 valence electrons. The minimum absolute atomic E-state index is 0.0700. The van der Waals surface area contributed by atoms with Gasteiger partial charge in [-0.05, 0) is 37.5 Å². The minimum atomic E-state index is -0.587. The van der Waals surface area contributed by atoms with E-state index in [1.54, 1.807) is 19.3 Å². The van der Waals surface area contributed by atoms with Gasteiger partial charge in [0.15, 0.2) is 11.6 Å². The van der Waals surface area contributed by atoms with Crippen molar-refractivity contribution in [3.63, 3.8) is 0 Å². The van der Waals surface area contributed by atoms with Gasteiger partial charge in [-0.1, -0.05) is 6.92 Å². The molecule has 1 unspecified atom stereocenters. The Balaban J connectivity index is 2.44. The zero-order valence-corrected chi connectivity index (χ0v) is 11.7. The highest BCUT2D eigenvalue weighted by Gasteiger charge is 2.16. The maximum Gasteiger partial charge on any atom is 0.150 e. The number of nitrogens with two attached hydrogens (primary N) is 1. The van der Waals surface area contributed by atoms with Crippen LogP contribution in [0.15, 0.2) is 24.5 Å². The highest BCUT2D eigenvalue weighted by molar-refractivity contribution is 5.39. The molecule has 1 aromatic heterocycles. The molecule has 1 aromatic carbocycles. The molecule has 0 saturated heterocycles. The average molecular weight is 279 g/mol. The van der Waals surface area contributed by atoms with E-state index in [9.17, 15) is 8.78 Å². The standard InChI is InChI=1S/C15H19F2N3/c1-3-4-14-19-5-6-20(14)15-12(16)8-11(7-10(2)18)9-13(15)17/h5-6,8-10H,3-4,7,18H2,1-2H3. The van der Waals surface area contributed by atoms with Crippen molar-refractivity contribution in [3.8, 4) is 5.69 Å². The van der Waals surface area contributed by atoms with Gasteiger partial charge in [0.25, 0.3) is 0 Å². The average Bonchev–Trinajstić information content (AvgIpc) is 2.76. The van der Waals surface area contributed by atoms with Crippen LogP contribution in [0.2, 0.25) is 0 Å². The first kappa shape index (κ1) is 14.7. The highest BCUT2D eigenvalue weighted by Crippen LogP contribution is 2.22. The second-order valence-corrected chi connectivity index (χ2v) is 5.05. The van der Waals surface area contributed by atoms with Crippen molar-refractivity contribution in [2.24, 2.45) is 5.73 Å². The molecular formula is C15H19F2N3. The fourth-order valence-electron chi connectivity index (χ4n) is 2.28. The fraction of sp³-hybridized carbons (Fsp3) is 0.400. The minimum Gasteiger partial charge on any atom is -0.328 e. The van der Waals surface area contributed by atoms with Crippen LogP contribution in [0.25, 0.3) is 5.69 Å². The van der Waals surface area contributed by atoms with Crippen molar-refractivity contribution in [2.75, 3.05) is 0 Å². The van der Waals surface area contributed by atoms with Gasteiger partial charge in [0.1, 0.15) is 11.5 Å². The molecule has 0 bridgehead atoms. The molecule has 0 aliphatic rings. The molecule has 0 radical (unpaired) electrons. The monoisotopic (exact) mass is 279 g/mol. The normalized spacial score (nSPS) is 12.7. The summed E-state index contributed by atoms with van der Waals surface area (Å²) in [6, 6.07) is 2.55. The summed E-state index contributed by atoms with van der Waals surface area (Å²) in [6.07, 6.45) is 5.12. The first-order valence-electron chi connectivity index (χ1n) is 6.79. The first-order chi connectivity index (χ1) is 9.52. The molecule has 3 nitrogen and oxygen atoms in total. The zero-order valence-electron chi connectivity index (χ0n) is 11.7. The molecule has 0 fully saturated rings. The van der Waals surface area contributed by atoms with Gasteiger partial charge >= 0.3 is 0 Å². The fourth-order valence-corrected chi connectivity index (χ4v) is 2.28. The number of hydrogen-bond acceptors (Lipinski definition) is 2. The molecule has 2 N–H and O–H groups in total. The van der Waals surface area contributed by atoms with Crippen LogP contribution in [0.1, 0.15) is 31.7 Å². The van der Waals surface area contributed by atoms with Crippen LogP contribution < -0.4 is 5.73 Å². The van der Waals surface area contributed by atoms with Crippen LogP contribution in [0.3, 0.4) is 0 Å². The third kappa shape index (κ3) is 3.04. The van der Waals surface area contributed by atoms with E-state index in [2.05, 4.69) is 4.98 Å². The van der Waals surface area contributed by atoms with Crippen molar-refractivity contribution in [2.45, 2.75) is 39.2 Å². The quantitative estimate of drug-likeness (QED) is 0.914. The van der Waals surface area contributed by atoms with E-state index < -0.39 is 11.6 Å². The van der Waals surface area contributed by atoms with Crippen LogP contribution >= 0.6 is 0 Å². The number of aromatic nitrogens is 2. The highest BCUT2D eigenvalue weighted by atomic mass is 19.1. The Kier molecular flexibility index (Phi) is 4.49. The Hall–Kier alpha value is -1.75. The van der Waals surface area contributed by atoms with Crippen molar-refractivity contribution >= 4 is 0 Å². The number of benzene rings is 1. The third-order valence-electron chi connectivity index (χ3n) is 3.07. The van der Waals surface area contributed by atoms with Crippen molar-refractivity contribution in [3.05, 3.63) is 47.5 Å². The summed E-state index contributed by atoms with van der Waals surface area (Å²) >= 11 is 0. The third-order valence-corrected chi connectivity index (χ3v) is 3.07. The Morgan fingerprint density at radius 1 is 1.30 bits per heavy atom. The molecule has 0 aliphatic carbocycles. The predicted octanol–water partition coefficient (Wildman–Crippen LogP) is 2.99. The number of imidazole rings is 1. The SMILES string of the molecule is CCCc1nccn1-c1c(F)cc(CC(C)N)cc1F. The van der Waals surface area contributed by atoms with Crippen LogP contribution in [0.5, 0.6) is 0 Å². The topological polar surface area (TPSA) is 43.8 Å². The molecule has 0 aliphatic heterocycles. The first-order valence-corrected chi connectivity index (χ1v) is 6.79. The van der Waals surface area contributed by atoms with Crippen molar-refractivity contribution < 1.29 is 8.78 Å². The summed E-state index contributed by atoms with van der Waals surface area (Å²) in [5.41, 5.74) is 6.16. The Morgan fingerprint density at radius 3 is 2.50 bits per heavy atom. The molecular weight excluding hydrogens is 260 g/mol. The van der Waals surface area contributed by atoms with Crippen LogP contribution in [-0.4, -0.2) is 15.6 Å². The summed E-state index contributed by atoms with van der Waals surface area (Å²) in [7, 11) is 0. The molecule has 2 rings (SSSR count). The lowest BCUT2D eigenvalue weighted by atomic mass is 10.1. The van der Waals surface area contributed by atoms with Crippen LogP contribution in [0, 0.1) is 11.6 Å². The lowest BCUT2D eigenvalue weighted by molar-refractivity contribution is 0.559. The predicted molar refractivity (Wildman–Crippen MR) is 74.8 cm³/mol. The smallest absolute Gasteiger partial charge is 0.150 e. The number of rotatable bonds is 5. The van der Waals surface area contributed by atoms with Gasteiger partial charge in [-0.25, -0.2) is 13.8 Å². The Bertz CT molecular complexity index is 568. The van der Waals surface area contributed by atoms with Gasteiger partial charge in [-0.2, -0.15) is 0 Å². The zero-order chi connectivity index (χ0) is 14.7. The van der Waals surface area contributed by atoms with Crippen LogP contribution in [0.4, 0.5) is 8.78 Å². The second kappa shape index (κ2) is 6.13. The molecule has 0 saturated carbocycles. The lowest BCUT2D eigenvalue weighted by Gasteiger charge is -2.12. The van der Waals surface area contributed by atoms with Gasteiger partial charge in [0, 0.05) is 24.9 Å². The van der Waals surface area contributed by atoms with Gasteiger partial charge in [-0.15, -0.1) is 0 Å². The van der Waals surface area contributed by atoms with Gasteiger partial charge < -0.3 is 5.73 Å². The van der Waals surface area contributed by atoms with Crippen LogP contribution in [-0.2, 0) is 12.8 Å². The molecule has 1 atom stereocenters. The molecule has 2 aromatic rings. The summed E-state index contributed by atoms with van der Waals surface area (Å²) in [5.74, 6) is -0.516. The molecule has 0 spiro atoms. The lowest BCUT2D eigenvalue weighted by Crippen LogP contribution is -2.18. The van der Waals surface area contributed by atoms with E-state index in [-0.39, 0.29) is 11.7 Å². The Labute approximate surface area is 117 Å². The summed E-state index contributed by atoms with van der Waals surface area (Å²) < 4.78 is 29.9. The van der Waals surface area contributed by atoms with E-state index in [0.717, 1.165) is 6.42 Å². The second-order valence-electron chi connectivity index (χ2n) is 5.05. The molecule has 1 heterocycles. The number of nitrogens with zero attached hydrogens (tertiary/aromatic N) is 2. The van der Waals surface area contributed by atoms with E-state index in [0.29, 0.717) is 24.2 Å². The van der Waals surface area contributed by atoms with Gasteiger partial charge in [0.05, 0.1) is 0 Å². The maximum atomic E-state index is 14.2. The van der Waals surface area contributed by atoms with E-state index >= 15 is 0 Å². The summed E-state index contributed by atoms with van der Waals surface area (Å²) in [4.78, 5) is 4.14. The largest absolute Gasteiger partial charge is 0.328 e. The molecule has 20 heavy (non-hydrogen) atoms. The number of aryl methyl sites for hydroxylation is 1. The van der Waals surface area contributed by atoms with Crippen molar-refractivity contribution in [1.82, 2.24) is 9.55 Å². The Morgan fingerprint density at radius 2 is 1.95 bits per heavy atom. The van der Waals surface area contributed by atoms with Gasteiger partial charge in [0.2, 0.25) is 0 Å². The number of halogens is 2. The van der Waals surface area contributed by atoms with E-state index in [1.807, 2.05) is 6.92 Å².